The first-order valence-electron chi connectivity index (χ1n) is 6.99. The van der Waals surface area contributed by atoms with Gasteiger partial charge in [0.05, 0.1) is 23.8 Å². The molecule has 0 spiro atoms. The molecule has 0 fully saturated rings. The number of anilines is 3. The van der Waals surface area contributed by atoms with E-state index in [1.54, 1.807) is 23.1 Å². The summed E-state index contributed by atoms with van der Waals surface area (Å²) >= 11 is 1.48. The molecule has 4 aromatic rings. The van der Waals surface area contributed by atoms with Crippen LogP contribution in [0.4, 0.5) is 16.6 Å². The van der Waals surface area contributed by atoms with Crippen LogP contribution < -0.4 is 10.6 Å². The molecule has 0 bridgehead atoms. The molecule has 0 aliphatic rings. The second-order valence-corrected chi connectivity index (χ2v) is 5.77. The first-order chi connectivity index (χ1) is 11.3. The maximum atomic E-state index is 4.59. The van der Waals surface area contributed by atoms with Gasteiger partial charge in [0.15, 0.2) is 0 Å². The minimum absolute atomic E-state index is 0.768. The second kappa shape index (κ2) is 5.65. The summed E-state index contributed by atoms with van der Waals surface area (Å²) < 4.78 is 1.77. The standard InChI is InChI=1S/C15H13N7S/c1-16-13-5-4-11(8-18-13)19-14-21-22-9-12(20-15(22)23-14)10-3-2-6-17-7-10/h2-9H,1H3,(H,16,18)(H,19,21). The highest BCUT2D eigenvalue weighted by atomic mass is 32.1. The minimum Gasteiger partial charge on any atom is -0.373 e. The normalized spacial score (nSPS) is 10.8. The van der Waals surface area contributed by atoms with Crippen LogP contribution >= 0.6 is 11.3 Å². The molecule has 8 heteroatoms. The molecule has 0 unspecified atom stereocenters. The van der Waals surface area contributed by atoms with Gasteiger partial charge in [-0.3, -0.25) is 4.98 Å². The van der Waals surface area contributed by atoms with Crippen molar-refractivity contribution in [3.8, 4) is 11.3 Å². The molecule has 0 radical (unpaired) electrons. The van der Waals surface area contributed by atoms with Crippen LogP contribution in [0, 0.1) is 0 Å². The zero-order valence-electron chi connectivity index (χ0n) is 12.3. The molecule has 2 N–H and O–H groups in total. The Hall–Kier alpha value is -3.00. The van der Waals surface area contributed by atoms with Gasteiger partial charge in [-0.1, -0.05) is 11.3 Å². The summed E-state index contributed by atoms with van der Waals surface area (Å²) in [6.07, 6.45) is 7.20. The Bertz CT molecular complexity index is 896. The van der Waals surface area contributed by atoms with Crippen LogP contribution in [-0.4, -0.2) is 31.6 Å². The molecule has 4 rings (SSSR count). The molecule has 0 aliphatic carbocycles. The van der Waals surface area contributed by atoms with Gasteiger partial charge in [-0.15, -0.1) is 5.10 Å². The van der Waals surface area contributed by atoms with Crippen LogP contribution in [0.5, 0.6) is 0 Å². The number of rotatable bonds is 4. The van der Waals surface area contributed by atoms with Crippen molar-refractivity contribution in [2.24, 2.45) is 0 Å². The SMILES string of the molecule is CNc1ccc(Nc2nn3cc(-c4cccnc4)nc3s2)cn1. The van der Waals surface area contributed by atoms with E-state index in [9.17, 15) is 0 Å². The summed E-state index contributed by atoms with van der Waals surface area (Å²) in [5.41, 5.74) is 2.73. The number of hydrogen-bond acceptors (Lipinski definition) is 7. The molecule has 7 nitrogen and oxygen atoms in total. The highest BCUT2D eigenvalue weighted by Crippen LogP contribution is 2.26. The largest absolute Gasteiger partial charge is 0.373 e. The molecule has 4 heterocycles. The maximum Gasteiger partial charge on any atom is 0.214 e. The summed E-state index contributed by atoms with van der Waals surface area (Å²) in [4.78, 5) is 13.8. The number of nitrogens with zero attached hydrogens (tertiary/aromatic N) is 5. The van der Waals surface area contributed by atoms with Crippen molar-refractivity contribution in [3.63, 3.8) is 0 Å². The van der Waals surface area contributed by atoms with Gasteiger partial charge < -0.3 is 10.6 Å². The number of imidazole rings is 1. The average molecular weight is 323 g/mol. The van der Waals surface area contributed by atoms with Gasteiger partial charge in [0, 0.05) is 25.0 Å². The highest BCUT2D eigenvalue weighted by molar-refractivity contribution is 7.20. The Balaban J connectivity index is 1.58. The monoisotopic (exact) mass is 323 g/mol. The number of nitrogens with one attached hydrogen (secondary N) is 2. The fraction of sp³-hybridized carbons (Fsp3) is 0.0667. The third kappa shape index (κ3) is 2.71. The van der Waals surface area contributed by atoms with Crippen LogP contribution in [0.1, 0.15) is 0 Å². The molecule has 114 valence electrons. The Morgan fingerprint density at radius 1 is 1.17 bits per heavy atom. The minimum atomic E-state index is 0.768. The first-order valence-corrected chi connectivity index (χ1v) is 7.81. The van der Waals surface area contributed by atoms with Crippen molar-refractivity contribution in [1.82, 2.24) is 24.6 Å². The predicted octanol–water partition coefficient (Wildman–Crippen LogP) is 3.03. The second-order valence-electron chi connectivity index (χ2n) is 4.81. The lowest BCUT2D eigenvalue weighted by Crippen LogP contribution is -1.95. The third-order valence-corrected chi connectivity index (χ3v) is 4.11. The molecule has 0 atom stereocenters. The number of pyridine rings is 2. The van der Waals surface area contributed by atoms with Gasteiger partial charge in [-0.2, -0.15) is 0 Å². The van der Waals surface area contributed by atoms with Crippen molar-refractivity contribution < 1.29 is 0 Å². The molecular formula is C15H13N7S. The lowest BCUT2D eigenvalue weighted by molar-refractivity contribution is 0.978. The zero-order chi connectivity index (χ0) is 15.6. The summed E-state index contributed by atoms with van der Waals surface area (Å²) in [6, 6.07) is 7.73. The average Bonchev–Trinajstić information content (AvgIpc) is 3.15. The number of hydrogen-bond donors (Lipinski definition) is 2. The van der Waals surface area contributed by atoms with E-state index < -0.39 is 0 Å². The summed E-state index contributed by atoms with van der Waals surface area (Å²) in [5, 5.41) is 11.5. The highest BCUT2D eigenvalue weighted by Gasteiger charge is 2.10. The van der Waals surface area contributed by atoms with Gasteiger partial charge in [0.1, 0.15) is 5.82 Å². The Morgan fingerprint density at radius 2 is 2.13 bits per heavy atom. The Labute approximate surface area is 136 Å². The van der Waals surface area contributed by atoms with Crippen molar-refractivity contribution >= 4 is 32.9 Å². The lowest BCUT2D eigenvalue weighted by atomic mass is 10.2. The smallest absolute Gasteiger partial charge is 0.214 e. The molecule has 0 saturated carbocycles. The van der Waals surface area contributed by atoms with E-state index in [0.717, 1.165) is 32.9 Å². The number of aromatic nitrogens is 5. The van der Waals surface area contributed by atoms with Gasteiger partial charge in [0.2, 0.25) is 10.1 Å². The Kier molecular flexibility index (Phi) is 3.35. The van der Waals surface area contributed by atoms with E-state index in [0.29, 0.717) is 0 Å². The molecular weight excluding hydrogens is 310 g/mol. The summed E-state index contributed by atoms with van der Waals surface area (Å²) in [6.45, 7) is 0. The van der Waals surface area contributed by atoms with E-state index in [1.807, 2.05) is 37.5 Å². The molecule has 0 saturated heterocycles. The van der Waals surface area contributed by atoms with E-state index in [1.165, 1.54) is 11.3 Å². The van der Waals surface area contributed by atoms with E-state index in [-0.39, 0.29) is 0 Å². The topological polar surface area (TPSA) is 80.0 Å². The molecule has 0 aromatic carbocycles. The summed E-state index contributed by atoms with van der Waals surface area (Å²) in [7, 11) is 1.84. The van der Waals surface area contributed by atoms with Crippen LogP contribution in [0.3, 0.4) is 0 Å². The first kappa shape index (κ1) is 13.6. The van der Waals surface area contributed by atoms with E-state index in [2.05, 4.69) is 30.7 Å². The lowest BCUT2D eigenvalue weighted by Gasteiger charge is -2.02. The molecule has 0 aliphatic heterocycles. The number of fused-ring (bicyclic) bond motifs is 1. The predicted molar refractivity (Wildman–Crippen MR) is 91.2 cm³/mol. The van der Waals surface area contributed by atoms with Gasteiger partial charge in [-0.25, -0.2) is 14.5 Å². The molecule has 23 heavy (non-hydrogen) atoms. The fourth-order valence-corrected chi connectivity index (χ4v) is 2.94. The van der Waals surface area contributed by atoms with Crippen LogP contribution in [-0.2, 0) is 0 Å². The van der Waals surface area contributed by atoms with Crippen molar-refractivity contribution in [1.29, 1.82) is 0 Å². The fourth-order valence-electron chi connectivity index (χ4n) is 2.14. The summed E-state index contributed by atoms with van der Waals surface area (Å²) in [5.74, 6) is 0.825. The third-order valence-electron chi connectivity index (χ3n) is 3.27. The van der Waals surface area contributed by atoms with E-state index in [4.69, 9.17) is 0 Å². The van der Waals surface area contributed by atoms with Crippen molar-refractivity contribution in [2.75, 3.05) is 17.7 Å². The van der Waals surface area contributed by atoms with Crippen LogP contribution in [0.25, 0.3) is 16.2 Å². The van der Waals surface area contributed by atoms with Gasteiger partial charge in [-0.05, 0) is 24.3 Å². The van der Waals surface area contributed by atoms with E-state index >= 15 is 0 Å². The Morgan fingerprint density at radius 3 is 2.83 bits per heavy atom. The maximum absolute atomic E-state index is 4.59. The van der Waals surface area contributed by atoms with Gasteiger partial charge >= 0.3 is 0 Å². The van der Waals surface area contributed by atoms with Crippen molar-refractivity contribution in [3.05, 3.63) is 49.1 Å². The van der Waals surface area contributed by atoms with Crippen LogP contribution in [0.15, 0.2) is 49.1 Å². The zero-order valence-corrected chi connectivity index (χ0v) is 13.1. The quantitative estimate of drug-likeness (QED) is 0.601. The van der Waals surface area contributed by atoms with Gasteiger partial charge in [0.25, 0.3) is 0 Å². The molecule has 4 aromatic heterocycles. The molecule has 0 amide bonds. The van der Waals surface area contributed by atoms with Crippen molar-refractivity contribution in [2.45, 2.75) is 0 Å². The van der Waals surface area contributed by atoms with Crippen LogP contribution in [0.2, 0.25) is 0 Å².